The number of benzene rings is 1. The predicted molar refractivity (Wildman–Crippen MR) is 83.7 cm³/mol. The highest BCUT2D eigenvalue weighted by atomic mass is 14.9. The van der Waals surface area contributed by atoms with Crippen molar-refractivity contribution < 1.29 is 0 Å². The molecule has 0 bridgehead atoms. The summed E-state index contributed by atoms with van der Waals surface area (Å²) in [7, 11) is 0. The average molecular weight is 259 g/mol. The molecule has 19 heavy (non-hydrogen) atoms. The summed E-state index contributed by atoms with van der Waals surface area (Å²) in [6.45, 7) is 12.4. The van der Waals surface area contributed by atoms with Crippen molar-refractivity contribution in [2.45, 2.75) is 65.3 Å². The van der Waals surface area contributed by atoms with E-state index in [-0.39, 0.29) is 0 Å². The van der Waals surface area contributed by atoms with Gasteiger partial charge in [0.15, 0.2) is 0 Å². The van der Waals surface area contributed by atoms with Gasteiger partial charge in [0.2, 0.25) is 0 Å². The summed E-state index contributed by atoms with van der Waals surface area (Å²) >= 11 is 0. The summed E-state index contributed by atoms with van der Waals surface area (Å²) in [5.41, 5.74) is 4.78. The minimum Gasteiger partial charge on any atom is -0.314 e. The Balaban J connectivity index is 2.20. The highest BCUT2D eigenvalue weighted by molar-refractivity contribution is 5.37. The highest BCUT2D eigenvalue weighted by Crippen LogP contribution is 2.49. The van der Waals surface area contributed by atoms with Crippen LogP contribution in [0.4, 0.5) is 0 Å². The minimum atomic E-state index is 0.392. The molecule has 1 fully saturated rings. The van der Waals surface area contributed by atoms with E-state index in [9.17, 15) is 0 Å². The molecular formula is C18H29N. The lowest BCUT2D eigenvalue weighted by atomic mass is 9.57. The molecule has 1 N–H and O–H groups in total. The van der Waals surface area contributed by atoms with Crippen LogP contribution in [0.5, 0.6) is 0 Å². The van der Waals surface area contributed by atoms with Crippen LogP contribution in [-0.4, -0.2) is 12.6 Å². The Morgan fingerprint density at radius 3 is 2.42 bits per heavy atom. The molecule has 1 aliphatic carbocycles. The van der Waals surface area contributed by atoms with Gasteiger partial charge in [-0.3, -0.25) is 0 Å². The fourth-order valence-electron chi connectivity index (χ4n) is 3.29. The van der Waals surface area contributed by atoms with Gasteiger partial charge < -0.3 is 5.32 Å². The molecule has 1 aromatic rings. The third-order valence-electron chi connectivity index (χ3n) is 4.90. The van der Waals surface area contributed by atoms with Gasteiger partial charge in [0.25, 0.3) is 0 Å². The first-order chi connectivity index (χ1) is 8.97. The van der Waals surface area contributed by atoms with E-state index in [0.29, 0.717) is 11.5 Å². The van der Waals surface area contributed by atoms with Crippen LogP contribution in [0.15, 0.2) is 18.2 Å². The first-order valence-corrected chi connectivity index (χ1v) is 7.78. The van der Waals surface area contributed by atoms with Crippen molar-refractivity contribution in [2.24, 2.45) is 5.92 Å². The molecule has 0 amide bonds. The molecule has 0 radical (unpaired) electrons. The van der Waals surface area contributed by atoms with Crippen molar-refractivity contribution in [2.75, 3.05) is 6.54 Å². The first-order valence-electron chi connectivity index (χ1n) is 7.78. The molecular weight excluding hydrogens is 230 g/mol. The molecule has 106 valence electrons. The molecule has 2 rings (SSSR count). The Morgan fingerprint density at radius 1 is 1.21 bits per heavy atom. The van der Waals surface area contributed by atoms with Crippen molar-refractivity contribution in [1.29, 1.82) is 0 Å². The zero-order chi connectivity index (χ0) is 14.0. The smallest absolute Gasteiger partial charge is 0.00832 e. The second-order valence-electron chi connectivity index (χ2n) is 6.80. The molecule has 0 spiro atoms. The van der Waals surface area contributed by atoms with E-state index in [1.54, 1.807) is 5.56 Å². The Morgan fingerprint density at radius 2 is 1.89 bits per heavy atom. The lowest BCUT2D eigenvalue weighted by Gasteiger charge is -2.49. The van der Waals surface area contributed by atoms with Gasteiger partial charge >= 0.3 is 0 Å². The van der Waals surface area contributed by atoms with Crippen molar-refractivity contribution >= 4 is 0 Å². The fraction of sp³-hybridized carbons (Fsp3) is 0.667. The number of aryl methyl sites for hydroxylation is 2. The average Bonchev–Trinajstić information content (AvgIpc) is 2.32. The lowest BCUT2D eigenvalue weighted by molar-refractivity contribution is 0.131. The van der Waals surface area contributed by atoms with Crippen LogP contribution in [0.25, 0.3) is 0 Å². The van der Waals surface area contributed by atoms with Crippen LogP contribution < -0.4 is 5.32 Å². The van der Waals surface area contributed by atoms with Gasteiger partial charge in [-0.15, -0.1) is 0 Å². The molecule has 0 heterocycles. The fourth-order valence-corrected chi connectivity index (χ4v) is 3.29. The van der Waals surface area contributed by atoms with Gasteiger partial charge in [0.1, 0.15) is 0 Å². The molecule has 1 aromatic carbocycles. The third-order valence-corrected chi connectivity index (χ3v) is 4.90. The topological polar surface area (TPSA) is 12.0 Å². The highest BCUT2D eigenvalue weighted by Gasteiger charge is 2.44. The van der Waals surface area contributed by atoms with E-state index in [2.05, 4.69) is 58.1 Å². The molecule has 0 atom stereocenters. The van der Waals surface area contributed by atoms with Crippen LogP contribution in [0, 0.1) is 19.8 Å². The summed E-state index contributed by atoms with van der Waals surface area (Å²) in [6.07, 6.45) is 4.03. The molecule has 0 saturated heterocycles. The second kappa shape index (κ2) is 5.66. The largest absolute Gasteiger partial charge is 0.314 e. The maximum absolute atomic E-state index is 3.67. The van der Waals surface area contributed by atoms with E-state index in [1.165, 1.54) is 30.4 Å². The van der Waals surface area contributed by atoms with Crippen LogP contribution >= 0.6 is 0 Å². The Labute approximate surface area is 118 Å². The zero-order valence-electron chi connectivity index (χ0n) is 13.2. The van der Waals surface area contributed by atoms with E-state index in [4.69, 9.17) is 0 Å². The van der Waals surface area contributed by atoms with Crippen LogP contribution in [0.1, 0.15) is 56.7 Å². The Hall–Kier alpha value is -0.820. The van der Waals surface area contributed by atoms with Gasteiger partial charge in [-0.2, -0.15) is 0 Å². The van der Waals surface area contributed by atoms with Crippen molar-refractivity contribution in [3.8, 4) is 0 Å². The molecule has 0 unspecified atom stereocenters. The molecule has 0 aromatic heterocycles. The molecule has 0 aliphatic heterocycles. The summed E-state index contributed by atoms with van der Waals surface area (Å²) < 4.78 is 0. The minimum absolute atomic E-state index is 0.392. The van der Waals surface area contributed by atoms with Gasteiger partial charge in [0, 0.05) is 18.0 Å². The third kappa shape index (κ3) is 3.02. The van der Waals surface area contributed by atoms with Gasteiger partial charge in [-0.25, -0.2) is 0 Å². The first kappa shape index (κ1) is 14.6. The van der Waals surface area contributed by atoms with Crippen molar-refractivity contribution in [3.05, 3.63) is 34.9 Å². The molecule has 1 heteroatoms. The van der Waals surface area contributed by atoms with Crippen LogP contribution in [-0.2, 0) is 5.41 Å². The quantitative estimate of drug-likeness (QED) is 0.828. The summed E-state index contributed by atoms with van der Waals surface area (Å²) in [5, 5.41) is 3.67. The monoisotopic (exact) mass is 259 g/mol. The van der Waals surface area contributed by atoms with Crippen molar-refractivity contribution in [1.82, 2.24) is 5.32 Å². The molecule has 1 nitrogen and oxygen atoms in total. The van der Waals surface area contributed by atoms with Gasteiger partial charge in [0.05, 0.1) is 0 Å². The summed E-state index contributed by atoms with van der Waals surface area (Å²) in [4.78, 5) is 0. The van der Waals surface area contributed by atoms with Gasteiger partial charge in [-0.05, 0) is 49.3 Å². The summed E-state index contributed by atoms with van der Waals surface area (Å²) in [5.74, 6) is 0.926. The maximum atomic E-state index is 3.67. The second-order valence-corrected chi connectivity index (χ2v) is 6.80. The zero-order valence-corrected chi connectivity index (χ0v) is 13.2. The number of nitrogens with one attached hydrogen (secondary N) is 1. The van der Waals surface area contributed by atoms with Crippen LogP contribution in [0.2, 0.25) is 0 Å². The standard InChI is InChI=1S/C18H29N/c1-6-16-10-18(11-16,12-19-13(2)3)17-8-7-14(4)15(5)9-17/h7-9,13,16,19H,6,10-12H2,1-5H3. The predicted octanol–water partition coefficient (Wildman–Crippen LogP) is 4.36. The molecule has 1 aliphatic rings. The Bertz CT molecular complexity index is 427. The van der Waals surface area contributed by atoms with Gasteiger partial charge in [-0.1, -0.05) is 45.4 Å². The van der Waals surface area contributed by atoms with E-state index < -0.39 is 0 Å². The molecule has 1 saturated carbocycles. The van der Waals surface area contributed by atoms with E-state index >= 15 is 0 Å². The van der Waals surface area contributed by atoms with Crippen molar-refractivity contribution in [3.63, 3.8) is 0 Å². The SMILES string of the molecule is CCC1CC(CNC(C)C)(c2ccc(C)c(C)c2)C1. The number of hydrogen-bond donors (Lipinski definition) is 1. The number of rotatable bonds is 5. The lowest BCUT2D eigenvalue weighted by Crippen LogP contribution is -2.49. The Kier molecular flexibility index (Phi) is 4.35. The van der Waals surface area contributed by atoms with Crippen LogP contribution in [0.3, 0.4) is 0 Å². The number of hydrogen-bond acceptors (Lipinski definition) is 1. The van der Waals surface area contributed by atoms with E-state index in [1.807, 2.05) is 0 Å². The maximum Gasteiger partial charge on any atom is 0.00832 e. The normalized spacial score (nSPS) is 26.5. The van der Waals surface area contributed by atoms with E-state index in [0.717, 1.165) is 12.5 Å². The summed E-state index contributed by atoms with van der Waals surface area (Å²) in [6, 6.07) is 7.64.